The van der Waals surface area contributed by atoms with Gasteiger partial charge < -0.3 is 14.8 Å². The fourth-order valence-corrected chi connectivity index (χ4v) is 3.16. The molecule has 1 aromatic heterocycles. The third-order valence-electron chi connectivity index (χ3n) is 4.59. The molecular formula is C15H23NO2. The van der Waals surface area contributed by atoms with Crippen LogP contribution >= 0.6 is 0 Å². The number of furan rings is 1. The molecule has 1 heterocycles. The van der Waals surface area contributed by atoms with Gasteiger partial charge in [-0.1, -0.05) is 13.3 Å². The van der Waals surface area contributed by atoms with Crippen LogP contribution in [0.25, 0.3) is 0 Å². The molecule has 4 unspecified atom stereocenters. The van der Waals surface area contributed by atoms with Crippen LogP contribution in [-0.2, 0) is 6.54 Å². The minimum atomic E-state index is 0.306. The van der Waals surface area contributed by atoms with Crippen molar-refractivity contribution in [3.8, 4) is 0 Å². The minimum Gasteiger partial charge on any atom is -0.464 e. The van der Waals surface area contributed by atoms with Crippen LogP contribution in [0.5, 0.6) is 0 Å². The maximum absolute atomic E-state index is 9.28. The van der Waals surface area contributed by atoms with Gasteiger partial charge in [0.1, 0.15) is 11.5 Å². The molecule has 2 fully saturated rings. The molecule has 2 aliphatic rings. The summed E-state index contributed by atoms with van der Waals surface area (Å²) in [5, 5.41) is 12.8. The van der Waals surface area contributed by atoms with Gasteiger partial charge in [-0.2, -0.15) is 0 Å². The Bertz CT molecular complexity index is 401. The molecule has 0 radical (unpaired) electrons. The Balaban J connectivity index is 1.52. The number of hydrogen-bond donors (Lipinski definition) is 2. The zero-order chi connectivity index (χ0) is 12.5. The summed E-state index contributed by atoms with van der Waals surface area (Å²) in [5.41, 5.74) is 0. The summed E-state index contributed by atoms with van der Waals surface area (Å²) in [6, 6.07) is 4.68. The SMILES string of the molecule is CC1CC1c1ccc(CNC2CCCC2CO)o1. The molecule has 0 saturated heterocycles. The van der Waals surface area contributed by atoms with Crippen LogP contribution in [-0.4, -0.2) is 17.8 Å². The lowest BCUT2D eigenvalue weighted by atomic mass is 10.1. The summed E-state index contributed by atoms with van der Waals surface area (Å²) in [6.45, 7) is 3.37. The van der Waals surface area contributed by atoms with Crippen molar-refractivity contribution in [1.29, 1.82) is 0 Å². The second-order valence-electron chi connectivity index (χ2n) is 5.98. The van der Waals surface area contributed by atoms with Crippen molar-refractivity contribution in [2.75, 3.05) is 6.61 Å². The van der Waals surface area contributed by atoms with Crippen molar-refractivity contribution in [2.24, 2.45) is 11.8 Å². The average molecular weight is 249 g/mol. The third-order valence-corrected chi connectivity index (χ3v) is 4.59. The lowest BCUT2D eigenvalue weighted by Crippen LogP contribution is -2.33. The van der Waals surface area contributed by atoms with E-state index in [4.69, 9.17) is 4.42 Å². The highest BCUT2D eigenvalue weighted by Gasteiger charge is 2.36. The Kier molecular flexibility index (Phi) is 3.44. The molecule has 3 heteroatoms. The molecule has 18 heavy (non-hydrogen) atoms. The van der Waals surface area contributed by atoms with Gasteiger partial charge in [0.05, 0.1) is 6.54 Å². The van der Waals surface area contributed by atoms with E-state index in [-0.39, 0.29) is 0 Å². The van der Waals surface area contributed by atoms with Crippen molar-refractivity contribution in [3.63, 3.8) is 0 Å². The molecule has 2 saturated carbocycles. The fourth-order valence-electron chi connectivity index (χ4n) is 3.16. The van der Waals surface area contributed by atoms with Crippen LogP contribution in [0.1, 0.15) is 50.0 Å². The van der Waals surface area contributed by atoms with Crippen LogP contribution in [0.15, 0.2) is 16.5 Å². The highest BCUT2D eigenvalue weighted by molar-refractivity contribution is 5.17. The number of aliphatic hydroxyl groups excluding tert-OH is 1. The first kappa shape index (κ1) is 12.2. The minimum absolute atomic E-state index is 0.306. The molecule has 0 aliphatic heterocycles. The van der Waals surface area contributed by atoms with Gasteiger partial charge in [0.15, 0.2) is 0 Å². The van der Waals surface area contributed by atoms with Crippen molar-refractivity contribution < 1.29 is 9.52 Å². The summed E-state index contributed by atoms with van der Waals surface area (Å²) in [5.74, 6) is 4.08. The second kappa shape index (κ2) is 5.06. The quantitative estimate of drug-likeness (QED) is 0.843. The van der Waals surface area contributed by atoms with E-state index in [9.17, 15) is 5.11 Å². The number of nitrogens with one attached hydrogen (secondary N) is 1. The summed E-state index contributed by atoms with van der Waals surface area (Å²) >= 11 is 0. The maximum Gasteiger partial charge on any atom is 0.117 e. The zero-order valence-corrected chi connectivity index (χ0v) is 11.1. The first-order valence-electron chi connectivity index (χ1n) is 7.20. The molecule has 2 N–H and O–H groups in total. The van der Waals surface area contributed by atoms with Gasteiger partial charge in [0.25, 0.3) is 0 Å². The van der Waals surface area contributed by atoms with Crippen molar-refractivity contribution in [3.05, 3.63) is 23.7 Å². The molecule has 0 amide bonds. The topological polar surface area (TPSA) is 45.4 Å². The number of hydrogen-bond acceptors (Lipinski definition) is 3. The smallest absolute Gasteiger partial charge is 0.117 e. The van der Waals surface area contributed by atoms with E-state index >= 15 is 0 Å². The second-order valence-corrected chi connectivity index (χ2v) is 5.98. The molecule has 4 atom stereocenters. The molecule has 1 aromatic rings. The first-order chi connectivity index (χ1) is 8.78. The molecule has 0 aromatic carbocycles. The van der Waals surface area contributed by atoms with Gasteiger partial charge in [-0.15, -0.1) is 0 Å². The van der Waals surface area contributed by atoms with E-state index < -0.39 is 0 Å². The van der Waals surface area contributed by atoms with E-state index in [2.05, 4.69) is 24.4 Å². The predicted molar refractivity (Wildman–Crippen MR) is 70.3 cm³/mol. The van der Waals surface area contributed by atoms with Gasteiger partial charge in [0.2, 0.25) is 0 Å². The van der Waals surface area contributed by atoms with E-state index in [1.807, 2.05) is 0 Å². The number of rotatable bonds is 5. The monoisotopic (exact) mass is 249 g/mol. The van der Waals surface area contributed by atoms with Crippen LogP contribution in [0, 0.1) is 11.8 Å². The normalized spacial score (nSPS) is 35.0. The molecule has 0 spiro atoms. The summed E-state index contributed by atoms with van der Waals surface area (Å²) in [4.78, 5) is 0. The van der Waals surface area contributed by atoms with Crippen LogP contribution < -0.4 is 5.32 Å². The summed E-state index contributed by atoms with van der Waals surface area (Å²) < 4.78 is 5.88. The van der Waals surface area contributed by atoms with Crippen molar-refractivity contribution in [1.82, 2.24) is 5.32 Å². The Morgan fingerprint density at radius 2 is 2.22 bits per heavy atom. The lowest BCUT2D eigenvalue weighted by molar-refractivity contribution is 0.203. The van der Waals surface area contributed by atoms with Gasteiger partial charge in [-0.3, -0.25) is 0 Å². The Labute approximate surface area is 109 Å². The Morgan fingerprint density at radius 3 is 2.94 bits per heavy atom. The van der Waals surface area contributed by atoms with E-state index in [1.54, 1.807) is 0 Å². The molecule has 3 nitrogen and oxygen atoms in total. The van der Waals surface area contributed by atoms with Crippen LogP contribution in [0.3, 0.4) is 0 Å². The summed E-state index contributed by atoms with van der Waals surface area (Å²) in [7, 11) is 0. The fraction of sp³-hybridized carbons (Fsp3) is 0.733. The Hall–Kier alpha value is -0.800. The zero-order valence-electron chi connectivity index (χ0n) is 11.1. The predicted octanol–water partition coefficient (Wildman–Crippen LogP) is 2.65. The van der Waals surface area contributed by atoms with E-state index in [0.717, 1.165) is 30.4 Å². The lowest BCUT2D eigenvalue weighted by Gasteiger charge is -2.18. The largest absolute Gasteiger partial charge is 0.464 e. The van der Waals surface area contributed by atoms with Gasteiger partial charge >= 0.3 is 0 Å². The molecule has 100 valence electrons. The Morgan fingerprint density at radius 1 is 1.39 bits per heavy atom. The van der Waals surface area contributed by atoms with Crippen LogP contribution in [0.2, 0.25) is 0 Å². The van der Waals surface area contributed by atoms with Gasteiger partial charge in [0, 0.05) is 18.6 Å². The maximum atomic E-state index is 9.28. The van der Waals surface area contributed by atoms with Crippen molar-refractivity contribution >= 4 is 0 Å². The standard InChI is InChI=1S/C15H23NO2/c1-10-7-13(10)15-6-5-12(18-15)8-16-14-4-2-3-11(14)9-17/h5-6,10-11,13-14,16-17H,2-4,7-9H2,1H3. The van der Waals surface area contributed by atoms with E-state index in [0.29, 0.717) is 24.5 Å². The molecule has 3 rings (SSSR count). The van der Waals surface area contributed by atoms with Crippen LogP contribution in [0.4, 0.5) is 0 Å². The average Bonchev–Trinajstić information content (AvgIpc) is 2.86. The van der Waals surface area contributed by atoms with Gasteiger partial charge in [-0.05, 0) is 43.2 Å². The molecule has 0 bridgehead atoms. The molecular weight excluding hydrogens is 226 g/mol. The van der Waals surface area contributed by atoms with E-state index in [1.165, 1.54) is 19.3 Å². The summed E-state index contributed by atoms with van der Waals surface area (Å²) in [6.07, 6.45) is 4.83. The third kappa shape index (κ3) is 2.47. The highest BCUT2D eigenvalue weighted by atomic mass is 16.3. The van der Waals surface area contributed by atoms with Gasteiger partial charge in [-0.25, -0.2) is 0 Å². The van der Waals surface area contributed by atoms with Crippen molar-refractivity contribution in [2.45, 2.75) is 51.1 Å². The first-order valence-corrected chi connectivity index (χ1v) is 7.20. The molecule has 2 aliphatic carbocycles. The number of aliphatic hydroxyl groups is 1. The highest BCUT2D eigenvalue weighted by Crippen LogP contribution is 2.47.